The predicted octanol–water partition coefficient (Wildman–Crippen LogP) is 1.39. The molecule has 6 nitrogen and oxygen atoms in total. The monoisotopic (exact) mass is 298 g/mol. The molecule has 0 saturated carbocycles. The number of anilines is 1. The van der Waals surface area contributed by atoms with Crippen LogP contribution >= 0.6 is 11.8 Å². The summed E-state index contributed by atoms with van der Waals surface area (Å²) in [5.74, 6) is 0. The molecule has 8 heteroatoms. The predicted molar refractivity (Wildman–Crippen MR) is 75.5 cm³/mol. The van der Waals surface area contributed by atoms with Crippen molar-refractivity contribution in [3.8, 4) is 0 Å². The Labute approximate surface area is 115 Å². The van der Waals surface area contributed by atoms with E-state index < -0.39 is 10.0 Å². The first-order valence-corrected chi connectivity index (χ1v) is 8.17. The smallest absolute Gasteiger partial charge is 0.279 e. The number of para-hydroxylation sites is 1. The molecular weight excluding hydrogens is 284 g/mol. The van der Waals surface area contributed by atoms with E-state index in [0.29, 0.717) is 11.3 Å². The molecule has 0 aliphatic heterocycles. The Morgan fingerprint density at radius 2 is 2.16 bits per heavy atom. The molecule has 19 heavy (non-hydrogen) atoms. The van der Waals surface area contributed by atoms with Gasteiger partial charge in [0.05, 0.1) is 11.9 Å². The van der Waals surface area contributed by atoms with Gasteiger partial charge in [0.1, 0.15) is 0 Å². The summed E-state index contributed by atoms with van der Waals surface area (Å²) < 4.78 is 27.1. The van der Waals surface area contributed by atoms with Crippen molar-refractivity contribution in [2.24, 2.45) is 5.73 Å². The summed E-state index contributed by atoms with van der Waals surface area (Å²) in [5, 5.41) is 6.19. The summed E-state index contributed by atoms with van der Waals surface area (Å²) in [5.41, 5.74) is 6.47. The highest BCUT2D eigenvalue weighted by Crippen LogP contribution is 2.27. The van der Waals surface area contributed by atoms with Crippen LogP contribution in [0.25, 0.3) is 0 Å². The van der Waals surface area contributed by atoms with Crippen LogP contribution in [0.1, 0.15) is 5.56 Å². The number of benzene rings is 1. The van der Waals surface area contributed by atoms with E-state index in [-0.39, 0.29) is 11.6 Å². The van der Waals surface area contributed by atoms with Gasteiger partial charge in [0, 0.05) is 17.0 Å². The molecule has 1 heterocycles. The zero-order valence-electron chi connectivity index (χ0n) is 10.3. The number of hydrogen-bond acceptors (Lipinski definition) is 5. The Kier molecular flexibility index (Phi) is 4.13. The third-order valence-corrected chi connectivity index (χ3v) is 4.69. The van der Waals surface area contributed by atoms with Gasteiger partial charge >= 0.3 is 0 Å². The van der Waals surface area contributed by atoms with Crippen LogP contribution in [0.3, 0.4) is 0 Å². The standard InChI is InChI=1S/C11H14N4O2S2/c1-18-10-5-3-2-4-9(10)15-19(16,17)11-8(6-12)7-13-14-11/h2-5,7,15H,6,12H2,1H3,(H,13,14). The summed E-state index contributed by atoms with van der Waals surface area (Å²) in [6.45, 7) is 0.108. The van der Waals surface area contributed by atoms with Crippen LogP contribution in [0, 0.1) is 0 Å². The van der Waals surface area contributed by atoms with Crippen molar-refractivity contribution in [2.45, 2.75) is 16.5 Å². The summed E-state index contributed by atoms with van der Waals surface area (Å²) >= 11 is 1.47. The molecule has 0 atom stereocenters. The largest absolute Gasteiger partial charge is 0.326 e. The average molecular weight is 298 g/mol. The molecule has 0 radical (unpaired) electrons. The number of nitrogens with one attached hydrogen (secondary N) is 2. The Morgan fingerprint density at radius 3 is 2.84 bits per heavy atom. The fourth-order valence-corrected chi connectivity index (χ4v) is 3.44. The van der Waals surface area contributed by atoms with Crippen molar-refractivity contribution >= 4 is 27.5 Å². The highest BCUT2D eigenvalue weighted by molar-refractivity contribution is 7.99. The highest BCUT2D eigenvalue weighted by atomic mass is 32.2. The maximum atomic E-state index is 12.3. The minimum atomic E-state index is -3.71. The number of nitrogens with two attached hydrogens (primary N) is 1. The van der Waals surface area contributed by atoms with Crippen LogP contribution in [-0.4, -0.2) is 24.9 Å². The van der Waals surface area contributed by atoms with Gasteiger partial charge in [-0.2, -0.15) is 13.5 Å². The van der Waals surface area contributed by atoms with Gasteiger partial charge in [-0.3, -0.25) is 9.82 Å². The van der Waals surface area contributed by atoms with Crippen LogP contribution in [-0.2, 0) is 16.6 Å². The number of hydrogen-bond donors (Lipinski definition) is 3. The van der Waals surface area contributed by atoms with E-state index in [1.54, 1.807) is 12.1 Å². The van der Waals surface area contributed by atoms with E-state index in [2.05, 4.69) is 14.9 Å². The van der Waals surface area contributed by atoms with Crippen molar-refractivity contribution < 1.29 is 8.42 Å². The molecule has 2 rings (SSSR count). The topological polar surface area (TPSA) is 101 Å². The Hall–Kier alpha value is -1.51. The minimum absolute atomic E-state index is 0.00547. The molecule has 0 amide bonds. The maximum absolute atomic E-state index is 12.3. The number of aromatic amines is 1. The van der Waals surface area contributed by atoms with Crippen molar-refractivity contribution in [3.05, 3.63) is 36.0 Å². The van der Waals surface area contributed by atoms with Crippen LogP contribution in [0.4, 0.5) is 5.69 Å². The number of aromatic nitrogens is 2. The van der Waals surface area contributed by atoms with E-state index in [0.717, 1.165) is 4.90 Å². The lowest BCUT2D eigenvalue weighted by Crippen LogP contribution is -2.16. The van der Waals surface area contributed by atoms with Crippen molar-refractivity contribution in [1.29, 1.82) is 0 Å². The number of H-pyrrole nitrogens is 1. The number of sulfonamides is 1. The molecule has 0 unspecified atom stereocenters. The molecule has 2 aromatic rings. The summed E-state index contributed by atoms with van der Waals surface area (Å²) in [7, 11) is -3.71. The van der Waals surface area contributed by atoms with Gasteiger partial charge < -0.3 is 5.73 Å². The first kappa shape index (κ1) is 13.9. The lowest BCUT2D eigenvalue weighted by atomic mass is 10.3. The summed E-state index contributed by atoms with van der Waals surface area (Å²) in [6.07, 6.45) is 3.30. The van der Waals surface area contributed by atoms with Crippen LogP contribution in [0.2, 0.25) is 0 Å². The van der Waals surface area contributed by atoms with Gasteiger partial charge in [-0.25, -0.2) is 0 Å². The van der Waals surface area contributed by atoms with Crippen molar-refractivity contribution in [1.82, 2.24) is 10.2 Å². The molecule has 102 valence electrons. The molecule has 0 aliphatic rings. The summed E-state index contributed by atoms with van der Waals surface area (Å²) in [6, 6.07) is 7.18. The van der Waals surface area contributed by atoms with E-state index in [4.69, 9.17) is 5.73 Å². The van der Waals surface area contributed by atoms with E-state index in [9.17, 15) is 8.42 Å². The molecule has 1 aromatic carbocycles. The van der Waals surface area contributed by atoms with E-state index in [1.165, 1.54) is 18.0 Å². The second-order valence-corrected chi connectivity index (χ2v) is 6.20. The molecule has 0 saturated heterocycles. The fourth-order valence-electron chi connectivity index (χ4n) is 1.60. The van der Waals surface area contributed by atoms with Gasteiger partial charge in [0.15, 0.2) is 5.03 Å². The average Bonchev–Trinajstić information content (AvgIpc) is 2.88. The SMILES string of the molecule is CSc1ccccc1NS(=O)(=O)c1[nH]ncc1CN. The zero-order chi connectivity index (χ0) is 13.9. The van der Waals surface area contributed by atoms with Gasteiger partial charge in [0.2, 0.25) is 0 Å². The number of thioether (sulfide) groups is 1. The quantitative estimate of drug-likeness (QED) is 0.724. The fraction of sp³-hybridized carbons (Fsp3) is 0.182. The Morgan fingerprint density at radius 1 is 1.42 bits per heavy atom. The van der Waals surface area contributed by atoms with E-state index in [1.807, 2.05) is 18.4 Å². The van der Waals surface area contributed by atoms with Gasteiger partial charge in [-0.1, -0.05) is 12.1 Å². The first-order valence-electron chi connectivity index (χ1n) is 5.46. The second-order valence-electron chi connectivity index (χ2n) is 3.73. The van der Waals surface area contributed by atoms with Crippen molar-refractivity contribution in [3.63, 3.8) is 0 Å². The Bertz CT molecular complexity index is 667. The van der Waals surface area contributed by atoms with Crippen LogP contribution in [0.15, 0.2) is 40.4 Å². The lowest BCUT2D eigenvalue weighted by Gasteiger charge is -2.10. The van der Waals surface area contributed by atoms with Gasteiger partial charge in [0.25, 0.3) is 10.0 Å². The molecule has 0 aliphatic carbocycles. The molecule has 1 aromatic heterocycles. The molecule has 4 N–H and O–H groups in total. The van der Waals surface area contributed by atoms with Gasteiger partial charge in [-0.15, -0.1) is 11.8 Å². The lowest BCUT2D eigenvalue weighted by molar-refractivity contribution is 0.595. The molecule has 0 bridgehead atoms. The third kappa shape index (κ3) is 2.91. The second kappa shape index (κ2) is 5.64. The highest BCUT2D eigenvalue weighted by Gasteiger charge is 2.21. The van der Waals surface area contributed by atoms with E-state index >= 15 is 0 Å². The number of nitrogens with zero attached hydrogens (tertiary/aromatic N) is 1. The van der Waals surface area contributed by atoms with Crippen LogP contribution in [0.5, 0.6) is 0 Å². The minimum Gasteiger partial charge on any atom is -0.326 e. The normalized spacial score (nSPS) is 11.5. The Balaban J connectivity index is 2.37. The maximum Gasteiger partial charge on any atom is 0.279 e. The zero-order valence-corrected chi connectivity index (χ0v) is 11.9. The summed E-state index contributed by atoms with van der Waals surface area (Å²) in [4.78, 5) is 0.847. The van der Waals surface area contributed by atoms with Crippen molar-refractivity contribution in [2.75, 3.05) is 11.0 Å². The number of rotatable bonds is 5. The third-order valence-electron chi connectivity index (χ3n) is 2.52. The molecule has 0 fully saturated rings. The van der Waals surface area contributed by atoms with Gasteiger partial charge in [-0.05, 0) is 18.4 Å². The first-order chi connectivity index (χ1) is 9.08. The molecule has 0 spiro atoms. The van der Waals surface area contributed by atoms with Crippen LogP contribution < -0.4 is 10.5 Å². The molecular formula is C11H14N4O2S2.